The number of carbonyl (C=O) groups excluding carboxylic acids is 1. The number of carbonyl (C=O) groups is 1. The van der Waals surface area contributed by atoms with Crippen LogP contribution in [0.5, 0.6) is 11.5 Å². The van der Waals surface area contributed by atoms with Crippen molar-refractivity contribution in [2.45, 2.75) is 0 Å². The van der Waals surface area contributed by atoms with Crippen LogP contribution in [0, 0.1) is 0 Å². The van der Waals surface area contributed by atoms with E-state index in [9.17, 15) is 4.79 Å². The van der Waals surface area contributed by atoms with Crippen molar-refractivity contribution in [1.82, 2.24) is 9.78 Å². The van der Waals surface area contributed by atoms with E-state index in [1.54, 1.807) is 59.3 Å². The number of halogens is 2. The van der Waals surface area contributed by atoms with Crippen LogP contribution in [0.15, 0.2) is 103 Å². The molecule has 1 amide bonds. The number of ether oxygens (including phenoxy) is 1. The number of nitrogen functional groups attached to an aromatic ring is 1. The molecule has 3 N–H and O–H groups in total. The zero-order chi connectivity index (χ0) is 25.1. The van der Waals surface area contributed by atoms with Crippen molar-refractivity contribution in [2.24, 2.45) is 0 Å². The van der Waals surface area contributed by atoms with E-state index in [1.165, 1.54) is 0 Å². The van der Waals surface area contributed by atoms with E-state index in [0.717, 1.165) is 11.3 Å². The van der Waals surface area contributed by atoms with Gasteiger partial charge in [0.2, 0.25) is 0 Å². The normalized spacial score (nSPS) is 10.7. The Kier molecular flexibility index (Phi) is 6.62. The number of benzene rings is 4. The number of nitrogens with two attached hydrogens (primary N) is 1. The first kappa shape index (κ1) is 23.5. The minimum absolute atomic E-state index is 0.247. The Labute approximate surface area is 217 Å². The summed E-state index contributed by atoms with van der Waals surface area (Å²) in [5, 5.41) is 8.39. The molecule has 0 unspecified atom stereocenters. The molecule has 1 aromatic heterocycles. The summed E-state index contributed by atoms with van der Waals surface area (Å²) in [6, 6.07) is 30.7. The van der Waals surface area contributed by atoms with Crippen LogP contribution in [0.4, 0.5) is 11.5 Å². The Balaban J connectivity index is 1.30. The number of para-hydroxylation sites is 1. The van der Waals surface area contributed by atoms with Gasteiger partial charge in [0.15, 0.2) is 0 Å². The van der Waals surface area contributed by atoms with Crippen molar-refractivity contribution in [3.8, 4) is 28.4 Å². The Bertz CT molecular complexity index is 1530. The molecule has 36 heavy (non-hydrogen) atoms. The van der Waals surface area contributed by atoms with E-state index in [1.807, 2.05) is 48.5 Å². The second-order valence-corrected chi connectivity index (χ2v) is 8.75. The van der Waals surface area contributed by atoms with Gasteiger partial charge in [-0.15, -0.1) is 0 Å². The number of rotatable bonds is 6. The minimum atomic E-state index is -0.247. The first-order chi connectivity index (χ1) is 17.5. The summed E-state index contributed by atoms with van der Waals surface area (Å²) in [5.41, 5.74) is 9.48. The molecule has 0 aliphatic rings. The third kappa shape index (κ3) is 5.20. The lowest BCUT2D eigenvalue weighted by atomic mass is 10.1. The van der Waals surface area contributed by atoms with Crippen molar-refractivity contribution in [2.75, 3.05) is 11.1 Å². The summed E-state index contributed by atoms with van der Waals surface area (Å²) in [6.45, 7) is 0. The van der Waals surface area contributed by atoms with E-state index in [-0.39, 0.29) is 5.91 Å². The van der Waals surface area contributed by atoms with Gasteiger partial charge in [0.1, 0.15) is 17.3 Å². The molecule has 0 radical (unpaired) electrons. The van der Waals surface area contributed by atoms with Crippen LogP contribution in [0.25, 0.3) is 16.9 Å². The van der Waals surface area contributed by atoms with Gasteiger partial charge in [0, 0.05) is 28.9 Å². The molecule has 0 aliphatic carbocycles. The summed E-state index contributed by atoms with van der Waals surface area (Å²) in [6.07, 6.45) is 0. The highest BCUT2D eigenvalue weighted by Crippen LogP contribution is 2.30. The lowest BCUT2D eigenvalue weighted by Crippen LogP contribution is -2.12. The summed E-state index contributed by atoms with van der Waals surface area (Å²) < 4.78 is 7.44. The number of anilines is 2. The molecular weight excluding hydrogens is 495 g/mol. The zero-order valence-electron chi connectivity index (χ0n) is 18.9. The van der Waals surface area contributed by atoms with Crippen LogP contribution >= 0.6 is 23.2 Å². The third-order valence-electron chi connectivity index (χ3n) is 5.40. The van der Waals surface area contributed by atoms with Gasteiger partial charge in [0.25, 0.3) is 5.91 Å². The molecule has 0 aliphatic heterocycles. The maximum Gasteiger partial charge on any atom is 0.255 e. The van der Waals surface area contributed by atoms with Crippen LogP contribution in [0.2, 0.25) is 10.0 Å². The quantitative estimate of drug-likeness (QED) is 0.246. The standard InChI is InChI=1S/C28H20Cl2N4O2/c29-24-14-11-19(15-25(24)30)26-17-27(31)34(33-26)21-12-9-18(10-13-21)28(35)32-20-5-4-8-23(16-20)36-22-6-2-1-3-7-22/h1-17H,31H2,(H,32,35). The van der Waals surface area contributed by atoms with Gasteiger partial charge in [-0.05, 0) is 60.7 Å². The van der Waals surface area contributed by atoms with Gasteiger partial charge >= 0.3 is 0 Å². The molecule has 0 atom stereocenters. The lowest BCUT2D eigenvalue weighted by molar-refractivity contribution is 0.102. The minimum Gasteiger partial charge on any atom is -0.457 e. The molecule has 8 heteroatoms. The van der Waals surface area contributed by atoms with Crippen LogP contribution in [0.1, 0.15) is 10.4 Å². The van der Waals surface area contributed by atoms with Gasteiger partial charge in [-0.3, -0.25) is 4.79 Å². The summed E-state index contributed by atoms with van der Waals surface area (Å²) in [4.78, 5) is 12.8. The second-order valence-electron chi connectivity index (χ2n) is 7.94. The molecule has 5 rings (SSSR count). The van der Waals surface area contributed by atoms with Crippen molar-refractivity contribution in [1.29, 1.82) is 0 Å². The number of nitrogens with one attached hydrogen (secondary N) is 1. The van der Waals surface area contributed by atoms with Gasteiger partial charge in [-0.25, -0.2) is 4.68 Å². The predicted molar refractivity (Wildman–Crippen MR) is 144 cm³/mol. The van der Waals surface area contributed by atoms with Gasteiger partial charge in [0.05, 0.1) is 21.4 Å². The number of hydrogen-bond acceptors (Lipinski definition) is 4. The Morgan fingerprint density at radius 2 is 1.56 bits per heavy atom. The highest BCUT2D eigenvalue weighted by molar-refractivity contribution is 6.42. The van der Waals surface area contributed by atoms with Crippen molar-refractivity contribution >= 4 is 40.6 Å². The summed E-state index contributed by atoms with van der Waals surface area (Å²) in [7, 11) is 0. The molecule has 0 spiro atoms. The van der Waals surface area contributed by atoms with E-state index >= 15 is 0 Å². The molecule has 4 aromatic carbocycles. The van der Waals surface area contributed by atoms with Crippen LogP contribution in [0.3, 0.4) is 0 Å². The van der Waals surface area contributed by atoms with Gasteiger partial charge in [-0.1, -0.05) is 53.5 Å². The SMILES string of the molecule is Nc1cc(-c2ccc(Cl)c(Cl)c2)nn1-c1ccc(C(=O)Nc2cccc(Oc3ccccc3)c2)cc1. The average molecular weight is 515 g/mol. The molecule has 1 heterocycles. The molecule has 5 aromatic rings. The second kappa shape index (κ2) is 10.2. The van der Waals surface area contributed by atoms with E-state index < -0.39 is 0 Å². The predicted octanol–water partition coefficient (Wildman–Crippen LogP) is 7.47. The number of hydrogen-bond donors (Lipinski definition) is 2. The highest BCUT2D eigenvalue weighted by atomic mass is 35.5. The van der Waals surface area contributed by atoms with Crippen molar-refractivity contribution in [3.63, 3.8) is 0 Å². The molecule has 0 saturated carbocycles. The van der Waals surface area contributed by atoms with Crippen molar-refractivity contribution < 1.29 is 9.53 Å². The Morgan fingerprint density at radius 3 is 2.31 bits per heavy atom. The zero-order valence-corrected chi connectivity index (χ0v) is 20.4. The first-order valence-electron chi connectivity index (χ1n) is 11.0. The summed E-state index contributed by atoms with van der Waals surface area (Å²) >= 11 is 12.1. The van der Waals surface area contributed by atoms with Gasteiger partial charge in [-0.2, -0.15) is 5.10 Å². The van der Waals surface area contributed by atoms with Gasteiger partial charge < -0.3 is 15.8 Å². The monoisotopic (exact) mass is 514 g/mol. The number of aromatic nitrogens is 2. The molecule has 178 valence electrons. The third-order valence-corrected chi connectivity index (χ3v) is 6.14. The first-order valence-corrected chi connectivity index (χ1v) is 11.8. The molecule has 0 fully saturated rings. The number of nitrogens with zero attached hydrogens (tertiary/aromatic N) is 2. The van der Waals surface area contributed by atoms with E-state index in [0.29, 0.717) is 44.2 Å². The topological polar surface area (TPSA) is 82.2 Å². The van der Waals surface area contributed by atoms with Crippen LogP contribution in [-0.2, 0) is 0 Å². The lowest BCUT2D eigenvalue weighted by Gasteiger charge is -2.10. The highest BCUT2D eigenvalue weighted by Gasteiger charge is 2.12. The largest absolute Gasteiger partial charge is 0.457 e. The van der Waals surface area contributed by atoms with E-state index in [2.05, 4.69) is 10.4 Å². The Morgan fingerprint density at radius 1 is 0.806 bits per heavy atom. The van der Waals surface area contributed by atoms with E-state index in [4.69, 9.17) is 33.7 Å². The van der Waals surface area contributed by atoms with Crippen LogP contribution < -0.4 is 15.8 Å². The fraction of sp³-hybridized carbons (Fsp3) is 0. The average Bonchev–Trinajstić information content (AvgIpc) is 3.28. The number of amides is 1. The fourth-order valence-corrected chi connectivity index (χ4v) is 3.92. The molecule has 0 saturated heterocycles. The smallest absolute Gasteiger partial charge is 0.255 e. The molecule has 6 nitrogen and oxygen atoms in total. The van der Waals surface area contributed by atoms with Crippen LogP contribution in [-0.4, -0.2) is 15.7 Å². The maximum absolute atomic E-state index is 12.8. The molecular formula is C28H20Cl2N4O2. The maximum atomic E-state index is 12.8. The van der Waals surface area contributed by atoms with Crippen molar-refractivity contribution in [3.05, 3.63) is 119 Å². The summed E-state index contributed by atoms with van der Waals surface area (Å²) in [5.74, 6) is 1.55. The fourth-order valence-electron chi connectivity index (χ4n) is 3.62. The molecule has 0 bridgehead atoms. The Hall–Kier alpha value is -4.26.